The molecule has 1 unspecified atom stereocenters. The molecule has 1 atom stereocenters. The summed E-state index contributed by atoms with van der Waals surface area (Å²) >= 11 is 0. The Labute approximate surface area is 110 Å². The Balaban J connectivity index is 1.77. The predicted octanol–water partition coefficient (Wildman–Crippen LogP) is 1.27. The Morgan fingerprint density at radius 1 is 1.58 bits per heavy atom. The number of nitrogens with one attached hydrogen (secondary N) is 1. The summed E-state index contributed by atoms with van der Waals surface area (Å²) in [6.45, 7) is 1.04. The van der Waals surface area contributed by atoms with Crippen molar-refractivity contribution in [3.8, 4) is 11.5 Å². The van der Waals surface area contributed by atoms with E-state index in [9.17, 15) is 9.90 Å². The van der Waals surface area contributed by atoms with Crippen molar-refractivity contribution < 1.29 is 14.3 Å². The first-order valence-corrected chi connectivity index (χ1v) is 6.30. The number of H-pyrrole nitrogens is 1. The number of amides is 1. The lowest BCUT2D eigenvalue weighted by atomic mass is 10.1. The number of hydrogen-bond acceptors (Lipinski definition) is 4. The Hall–Kier alpha value is -2.08. The number of β-amino-alcohol motifs (C(OH)–C–C–N with tert-alkyl or cyclic N) is 1. The minimum absolute atomic E-state index is 0.159. The van der Waals surface area contributed by atoms with Crippen molar-refractivity contribution in [3.63, 3.8) is 0 Å². The van der Waals surface area contributed by atoms with Crippen LogP contribution in [0.25, 0.3) is 11.5 Å². The molecule has 6 heteroatoms. The quantitative estimate of drug-likeness (QED) is 0.852. The van der Waals surface area contributed by atoms with E-state index in [0.29, 0.717) is 30.2 Å². The van der Waals surface area contributed by atoms with Gasteiger partial charge in [-0.2, -0.15) is 5.10 Å². The Morgan fingerprint density at radius 2 is 2.47 bits per heavy atom. The van der Waals surface area contributed by atoms with E-state index >= 15 is 0 Å². The zero-order valence-corrected chi connectivity index (χ0v) is 10.4. The van der Waals surface area contributed by atoms with Crippen LogP contribution < -0.4 is 0 Å². The van der Waals surface area contributed by atoms with Crippen LogP contribution in [-0.4, -0.2) is 45.3 Å². The molecule has 2 N–H and O–H groups in total. The standard InChI is InChI=1S/C13H15N3O3/c17-9-3-1-5-16(8-9)13(18)11-7-10(14-15-11)12-4-2-6-19-12/h2,4,6-7,9,17H,1,3,5,8H2,(H,14,15). The van der Waals surface area contributed by atoms with Gasteiger partial charge in [0.15, 0.2) is 11.5 Å². The number of likely N-dealkylation sites (tertiary alicyclic amines) is 1. The second-order valence-electron chi connectivity index (χ2n) is 4.69. The van der Waals surface area contributed by atoms with E-state index in [2.05, 4.69) is 10.2 Å². The monoisotopic (exact) mass is 261 g/mol. The van der Waals surface area contributed by atoms with Crippen LogP contribution in [0, 0.1) is 0 Å². The third kappa shape index (κ3) is 2.39. The SMILES string of the molecule is O=C(c1cc(-c2ccco2)[nH]n1)N1CCCC(O)C1. The Kier molecular flexibility index (Phi) is 3.08. The van der Waals surface area contributed by atoms with Crippen molar-refractivity contribution in [2.75, 3.05) is 13.1 Å². The number of aliphatic hydroxyl groups is 1. The van der Waals surface area contributed by atoms with Gasteiger partial charge in [0.1, 0.15) is 5.69 Å². The molecule has 1 amide bonds. The smallest absolute Gasteiger partial charge is 0.274 e. The average molecular weight is 261 g/mol. The summed E-state index contributed by atoms with van der Waals surface area (Å²) in [5, 5.41) is 16.4. The van der Waals surface area contributed by atoms with Crippen molar-refractivity contribution in [3.05, 3.63) is 30.2 Å². The van der Waals surface area contributed by atoms with E-state index in [4.69, 9.17) is 4.42 Å². The average Bonchev–Trinajstić information content (AvgIpc) is 3.08. The summed E-state index contributed by atoms with van der Waals surface area (Å²) < 4.78 is 5.24. The van der Waals surface area contributed by atoms with E-state index in [-0.39, 0.29) is 5.91 Å². The molecule has 1 fully saturated rings. The van der Waals surface area contributed by atoms with E-state index in [1.807, 2.05) is 0 Å². The maximum Gasteiger partial charge on any atom is 0.274 e. The largest absolute Gasteiger partial charge is 0.463 e. The third-order valence-corrected chi connectivity index (χ3v) is 3.27. The lowest BCUT2D eigenvalue weighted by molar-refractivity contribution is 0.0469. The van der Waals surface area contributed by atoms with Crippen LogP contribution in [0.5, 0.6) is 0 Å². The van der Waals surface area contributed by atoms with Crippen LogP contribution in [0.1, 0.15) is 23.3 Å². The van der Waals surface area contributed by atoms with Crippen LogP contribution in [0.2, 0.25) is 0 Å². The molecule has 0 bridgehead atoms. The summed E-state index contributed by atoms with van der Waals surface area (Å²) in [5.41, 5.74) is 1.02. The van der Waals surface area contributed by atoms with Gasteiger partial charge >= 0.3 is 0 Å². The maximum absolute atomic E-state index is 12.2. The molecular formula is C13H15N3O3. The first-order chi connectivity index (χ1) is 9.24. The topological polar surface area (TPSA) is 82.4 Å². The Bertz CT molecular complexity index is 561. The normalized spacial score (nSPS) is 19.6. The van der Waals surface area contributed by atoms with E-state index < -0.39 is 6.10 Å². The molecule has 0 saturated carbocycles. The molecule has 1 aliphatic rings. The van der Waals surface area contributed by atoms with Gasteiger partial charge in [0.2, 0.25) is 0 Å². The number of nitrogens with zero attached hydrogens (tertiary/aromatic N) is 2. The summed E-state index contributed by atoms with van der Waals surface area (Å²) in [6.07, 6.45) is 2.71. The molecule has 3 heterocycles. The van der Waals surface area contributed by atoms with Crippen LogP contribution in [0.15, 0.2) is 28.9 Å². The first-order valence-electron chi connectivity index (χ1n) is 6.30. The minimum Gasteiger partial charge on any atom is -0.463 e. The van der Waals surface area contributed by atoms with Crippen molar-refractivity contribution in [2.45, 2.75) is 18.9 Å². The summed E-state index contributed by atoms with van der Waals surface area (Å²) in [4.78, 5) is 13.9. The molecule has 0 radical (unpaired) electrons. The highest BCUT2D eigenvalue weighted by Crippen LogP contribution is 2.19. The minimum atomic E-state index is -0.429. The molecule has 3 rings (SSSR count). The van der Waals surface area contributed by atoms with Gasteiger partial charge in [-0.05, 0) is 25.0 Å². The highest BCUT2D eigenvalue weighted by atomic mass is 16.3. The maximum atomic E-state index is 12.2. The van der Waals surface area contributed by atoms with Crippen molar-refractivity contribution in [2.24, 2.45) is 0 Å². The van der Waals surface area contributed by atoms with Gasteiger partial charge in [-0.15, -0.1) is 0 Å². The van der Waals surface area contributed by atoms with Gasteiger partial charge in [-0.3, -0.25) is 9.89 Å². The highest BCUT2D eigenvalue weighted by Gasteiger charge is 2.24. The fourth-order valence-corrected chi connectivity index (χ4v) is 2.29. The molecule has 0 aromatic carbocycles. The highest BCUT2D eigenvalue weighted by molar-refractivity contribution is 5.93. The number of aromatic amines is 1. The molecule has 19 heavy (non-hydrogen) atoms. The number of carbonyl (C=O) groups is 1. The van der Waals surface area contributed by atoms with Crippen molar-refractivity contribution >= 4 is 5.91 Å². The number of piperidine rings is 1. The van der Waals surface area contributed by atoms with Crippen molar-refractivity contribution in [1.82, 2.24) is 15.1 Å². The number of hydrogen-bond donors (Lipinski definition) is 2. The molecule has 100 valence electrons. The zero-order valence-electron chi connectivity index (χ0n) is 10.4. The van der Waals surface area contributed by atoms with Gasteiger partial charge in [-0.1, -0.05) is 0 Å². The fourth-order valence-electron chi connectivity index (χ4n) is 2.29. The fraction of sp³-hybridized carbons (Fsp3) is 0.385. The summed E-state index contributed by atoms with van der Waals surface area (Å²) in [7, 11) is 0. The van der Waals surface area contributed by atoms with Gasteiger partial charge in [0.25, 0.3) is 5.91 Å². The van der Waals surface area contributed by atoms with E-state index in [1.54, 1.807) is 29.4 Å². The van der Waals surface area contributed by atoms with E-state index in [1.165, 1.54) is 0 Å². The third-order valence-electron chi connectivity index (χ3n) is 3.27. The number of furan rings is 1. The van der Waals surface area contributed by atoms with Crippen LogP contribution in [-0.2, 0) is 0 Å². The van der Waals surface area contributed by atoms with Crippen LogP contribution in [0.3, 0.4) is 0 Å². The first kappa shape index (κ1) is 12.0. The van der Waals surface area contributed by atoms with Crippen LogP contribution >= 0.6 is 0 Å². The molecule has 2 aromatic rings. The van der Waals surface area contributed by atoms with Gasteiger partial charge < -0.3 is 14.4 Å². The summed E-state index contributed by atoms with van der Waals surface area (Å²) in [5.74, 6) is 0.484. The van der Waals surface area contributed by atoms with Gasteiger partial charge in [-0.25, -0.2) is 0 Å². The van der Waals surface area contributed by atoms with Crippen LogP contribution in [0.4, 0.5) is 0 Å². The predicted molar refractivity (Wildman–Crippen MR) is 67.4 cm³/mol. The van der Waals surface area contributed by atoms with E-state index in [0.717, 1.165) is 12.8 Å². The molecule has 0 aliphatic carbocycles. The molecular weight excluding hydrogens is 246 g/mol. The second kappa shape index (κ2) is 4.89. The molecule has 2 aromatic heterocycles. The second-order valence-corrected chi connectivity index (χ2v) is 4.69. The summed E-state index contributed by atoms with van der Waals surface area (Å²) in [6, 6.07) is 5.24. The number of aromatic nitrogens is 2. The van der Waals surface area contributed by atoms with Gasteiger partial charge in [0.05, 0.1) is 12.4 Å². The van der Waals surface area contributed by atoms with Gasteiger partial charge in [0, 0.05) is 19.2 Å². The molecule has 1 aliphatic heterocycles. The number of carbonyl (C=O) groups excluding carboxylic acids is 1. The van der Waals surface area contributed by atoms with Crippen molar-refractivity contribution in [1.29, 1.82) is 0 Å². The number of aliphatic hydroxyl groups excluding tert-OH is 1. The molecule has 0 spiro atoms. The molecule has 1 saturated heterocycles. The zero-order chi connectivity index (χ0) is 13.2. The number of rotatable bonds is 2. The molecule has 6 nitrogen and oxygen atoms in total. The lowest BCUT2D eigenvalue weighted by Gasteiger charge is -2.29. The lowest BCUT2D eigenvalue weighted by Crippen LogP contribution is -2.42. The Morgan fingerprint density at radius 3 is 3.21 bits per heavy atom.